The van der Waals surface area contributed by atoms with Gasteiger partial charge in [0.25, 0.3) is 0 Å². The van der Waals surface area contributed by atoms with Gasteiger partial charge in [0.05, 0.1) is 0 Å². The fourth-order valence-electron chi connectivity index (χ4n) is 0. The molecule has 0 radical (unpaired) electrons. The van der Waals surface area contributed by atoms with Crippen LogP contribution in [0, 0.1) is 0 Å². The number of thiol groups is 1. The van der Waals surface area contributed by atoms with Crippen molar-refractivity contribution < 1.29 is 4.12 Å². The van der Waals surface area contributed by atoms with Crippen LogP contribution in [-0.2, 0) is 4.12 Å². The summed E-state index contributed by atoms with van der Waals surface area (Å²) in [6.07, 6.45) is 0. The first kappa shape index (κ1) is 4.74. The van der Waals surface area contributed by atoms with Crippen LogP contribution in [0.4, 0.5) is 0 Å². The van der Waals surface area contributed by atoms with Crippen molar-refractivity contribution >= 4 is 31.5 Å². The van der Waals surface area contributed by atoms with Crippen molar-refractivity contribution in [2.75, 3.05) is 0 Å². The van der Waals surface area contributed by atoms with E-state index in [1.807, 2.05) is 0 Å². The molecule has 0 aliphatic heterocycles. The second-order valence-electron chi connectivity index (χ2n) is 0.418. The largest absolute Gasteiger partial charge is 0.461 e. The van der Waals surface area contributed by atoms with Gasteiger partial charge < -0.3 is 4.12 Å². The third kappa shape index (κ3) is 2.74. The Balaban J connectivity index is 1.97. The molecule has 0 spiro atoms. The maximum Gasteiger partial charge on any atom is 0.206 e. The van der Waals surface area contributed by atoms with Gasteiger partial charge in [0.15, 0.2) is 0 Å². The van der Waals surface area contributed by atoms with E-state index in [1.165, 1.54) is 0 Å². The van der Waals surface area contributed by atoms with E-state index in [4.69, 9.17) is 0 Å². The molecule has 0 fully saturated rings. The minimum absolute atomic E-state index is 0.319. The minimum Gasteiger partial charge on any atom is -0.461 e. The number of rotatable bonds is 1. The normalized spacial score (nSPS) is 11.2. The van der Waals surface area contributed by atoms with Crippen LogP contribution >= 0.6 is 12.1 Å². The lowest BCUT2D eigenvalue weighted by molar-refractivity contribution is 0.685. The Morgan fingerprint density at radius 2 is 2.25 bits per heavy atom. The van der Waals surface area contributed by atoms with E-state index in [0.717, 1.165) is 10.5 Å². The Kier molecular flexibility index (Phi) is 4.44. The summed E-state index contributed by atoms with van der Waals surface area (Å²) in [6, 6.07) is 0. The minimum atomic E-state index is -0.319. The lowest BCUT2D eigenvalue weighted by Gasteiger charge is -1.75. The van der Waals surface area contributed by atoms with Gasteiger partial charge in [0.1, 0.15) is 10.5 Å². The summed E-state index contributed by atoms with van der Waals surface area (Å²) < 4.78 is 4.68. The van der Waals surface area contributed by atoms with Gasteiger partial charge in [-0.05, 0) is 0 Å². The smallest absolute Gasteiger partial charge is 0.206 e. The molecular weight excluding hydrogens is 104 g/mol. The zero-order valence-electron chi connectivity index (χ0n) is 2.56. The monoisotopic (exact) mass is 110 g/mol. The van der Waals surface area contributed by atoms with Crippen LogP contribution in [0.1, 0.15) is 0 Å². The van der Waals surface area contributed by atoms with Gasteiger partial charge in [0.2, 0.25) is 8.91 Å². The first-order valence-electron chi connectivity index (χ1n) is 1.01. The van der Waals surface area contributed by atoms with Gasteiger partial charge in [-0.25, -0.2) is 0 Å². The van der Waals surface area contributed by atoms with Crippen LogP contribution < -0.4 is 0 Å². The molecule has 0 aromatic rings. The van der Waals surface area contributed by atoms with Crippen molar-refractivity contribution in [1.29, 1.82) is 0 Å². The molecule has 0 rings (SSSR count). The lowest BCUT2D eigenvalue weighted by atomic mass is 15.8. The highest BCUT2D eigenvalue weighted by atomic mass is 32.3. The van der Waals surface area contributed by atoms with E-state index in [2.05, 4.69) is 16.2 Å². The second kappa shape index (κ2) is 3.74. The summed E-state index contributed by atoms with van der Waals surface area (Å²) in [5, 5.41) is 0. The maximum atomic E-state index is 4.68. The summed E-state index contributed by atoms with van der Waals surface area (Å²) in [7, 11) is 0.556. The van der Waals surface area contributed by atoms with Crippen LogP contribution in [-0.4, -0.2) is 19.4 Å². The molecule has 0 heterocycles. The highest BCUT2D eigenvalue weighted by Gasteiger charge is 1.55. The Hall–Kier alpha value is 0.744. The standard InChI is InChI=1S/H6OSSi2/c2-4-1-3/h2H,4H2,3H3. The molecule has 0 atom stereocenters. The summed E-state index contributed by atoms with van der Waals surface area (Å²) >= 11 is 3.87. The van der Waals surface area contributed by atoms with Crippen molar-refractivity contribution in [3.8, 4) is 0 Å². The SMILES string of the molecule is [SiH3]O[SiH2]S. The van der Waals surface area contributed by atoms with E-state index in [1.54, 1.807) is 0 Å². The molecule has 0 aliphatic carbocycles. The number of hydrogen-bond donors (Lipinski definition) is 1. The molecule has 0 bridgehead atoms. The molecule has 0 aromatic heterocycles. The second-order valence-corrected chi connectivity index (χ2v) is 3.76. The van der Waals surface area contributed by atoms with Gasteiger partial charge in [0, 0.05) is 0 Å². The van der Waals surface area contributed by atoms with Crippen LogP contribution in [0.3, 0.4) is 0 Å². The molecule has 4 heteroatoms. The Morgan fingerprint density at radius 3 is 2.25 bits per heavy atom. The summed E-state index contributed by atoms with van der Waals surface area (Å²) in [5.74, 6) is 0. The molecule has 0 saturated carbocycles. The van der Waals surface area contributed by atoms with Gasteiger partial charge in [-0.3, -0.25) is 0 Å². The fourth-order valence-corrected chi connectivity index (χ4v) is 0. The molecule has 0 aromatic carbocycles. The van der Waals surface area contributed by atoms with E-state index < -0.39 is 0 Å². The van der Waals surface area contributed by atoms with Crippen molar-refractivity contribution in [3.63, 3.8) is 0 Å². The molecule has 0 aliphatic rings. The fraction of sp³-hybridized carbons (Fsp3) is 0. The van der Waals surface area contributed by atoms with E-state index in [-0.39, 0.29) is 8.91 Å². The predicted octanol–water partition coefficient (Wildman–Crippen LogP) is -1.79. The summed E-state index contributed by atoms with van der Waals surface area (Å²) in [4.78, 5) is 0. The molecule has 4 heavy (non-hydrogen) atoms. The molecule has 0 amide bonds. The van der Waals surface area contributed by atoms with Gasteiger partial charge in [-0.15, -0.1) is 0 Å². The maximum absolute atomic E-state index is 4.68. The highest BCUT2D eigenvalue weighted by Crippen LogP contribution is 1.58. The van der Waals surface area contributed by atoms with Gasteiger partial charge in [-0.2, -0.15) is 12.1 Å². The molecule has 1 nitrogen and oxygen atoms in total. The lowest BCUT2D eigenvalue weighted by Crippen LogP contribution is -1.79. The van der Waals surface area contributed by atoms with Crippen LogP contribution in [0.5, 0.6) is 0 Å². The van der Waals surface area contributed by atoms with E-state index in [9.17, 15) is 0 Å². The molecular formula is H6OSSi2. The zero-order valence-corrected chi connectivity index (χ0v) is 6.87. The molecule has 26 valence electrons. The molecule has 0 saturated heterocycles. The van der Waals surface area contributed by atoms with E-state index in [0.29, 0.717) is 0 Å². The number of hydrogen-bond acceptors (Lipinski definition) is 2. The first-order valence-corrected chi connectivity index (χ1v) is 4.94. The van der Waals surface area contributed by atoms with E-state index >= 15 is 0 Å². The first-order chi connectivity index (χ1) is 1.91. The predicted molar refractivity (Wildman–Crippen MR) is 28.6 cm³/mol. The zero-order chi connectivity index (χ0) is 3.41. The van der Waals surface area contributed by atoms with Crippen molar-refractivity contribution in [2.45, 2.75) is 0 Å². The highest BCUT2D eigenvalue weighted by molar-refractivity contribution is 8.06. The van der Waals surface area contributed by atoms with Crippen molar-refractivity contribution in [2.24, 2.45) is 0 Å². The Morgan fingerprint density at radius 1 is 2.00 bits per heavy atom. The Labute approximate surface area is 36.3 Å². The molecule has 0 N–H and O–H groups in total. The average molecular weight is 110 g/mol. The average Bonchev–Trinajstić information content (AvgIpc) is 1.37. The third-order valence-electron chi connectivity index (χ3n) is 0.129. The Bertz CT molecular complexity index is 8.00. The van der Waals surface area contributed by atoms with Gasteiger partial charge >= 0.3 is 0 Å². The van der Waals surface area contributed by atoms with Crippen molar-refractivity contribution in [3.05, 3.63) is 0 Å². The van der Waals surface area contributed by atoms with Crippen LogP contribution in [0.25, 0.3) is 0 Å². The summed E-state index contributed by atoms with van der Waals surface area (Å²) in [6.45, 7) is 0. The summed E-state index contributed by atoms with van der Waals surface area (Å²) in [5.41, 5.74) is 0. The van der Waals surface area contributed by atoms with Crippen molar-refractivity contribution in [1.82, 2.24) is 0 Å². The van der Waals surface area contributed by atoms with Crippen LogP contribution in [0.2, 0.25) is 0 Å². The van der Waals surface area contributed by atoms with Crippen LogP contribution in [0.15, 0.2) is 0 Å². The quantitative estimate of drug-likeness (QED) is 0.310. The third-order valence-corrected chi connectivity index (χ3v) is 3.49. The van der Waals surface area contributed by atoms with Gasteiger partial charge in [-0.1, -0.05) is 0 Å². The molecule has 0 unspecified atom stereocenters. The topological polar surface area (TPSA) is 9.23 Å².